The summed E-state index contributed by atoms with van der Waals surface area (Å²) in [6, 6.07) is 9.69. The van der Waals surface area contributed by atoms with Gasteiger partial charge >= 0.3 is 5.97 Å². The molecule has 0 radical (unpaired) electrons. The Bertz CT molecular complexity index is 1340. The molecule has 4 N–H and O–H groups in total. The monoisotopic (exact) mass is 492 g/mol. The van der Waals surface area contributed by atoms with Crippen molar-refractivity contribution >= 4 is 35.0 Å². The largest absolute Gasteiger partial charge is 0.494 e. The van der Waals surface area contributed by atoms with Gasteiger partial charge in [0.25, 0.3) is 5.91 Å². The fraction of sp³-hybridized carbons (Fsp3) is 0.250. The highest BCUT2D eigenvalue weighted by atomic mass is 16.5. The summed E-state index contributed by atoms with van der Waals surface area (Å²) >= 11 is 0. The van der Waals surface area contributed by atoms with Gasteiger partial charge in [0.05, 0.1) is 25.6 Å². The molecule has 12 nitrogen and oxygen atoms in total. The van der Waals surface area contributed by atoms with Crippen LogP contribution in [0.4, 0.5) is 17.2 Å². The van der Waals surface area contributed by atoms with Crippen molar-refractivity contribution in [3.05, 3.63) is 47.8 Å². The molecule has 3 aromatic rings. The van der Waals surface area contributed by atoms with Gasteiger partial charge in [-0.3, -0.25) is 9.59 Å². The normalized spacial score (nSPS) is 12.4. The number of carbonyl (C=O) groups excluding carboxylic acids is 2. The molecule has 2 aromatic heterocycles. The van der Waals surface area contributed by atoms with Crippen LogP contribution >= 0.6 is 0 Å². The van der Waals surface area contributed by atoms with Gasteiger partial charge in [-0.1, -0.05) is 12.1 Å². The van der Waals surface area contributed by atoms with E-state index in [4.69, 9.17) is 9.47 Å². The van der Waals surface area contributed by atoms with E-state index in [1.165, 1.54) is 33.4 Å². The van der Waals surface area contributed by atoms with E-state index in [0.29, 0.717) is 22.6 Å². The van der Waals surface area contributed by atoms with Crippen molar-refractivity contribution < 1.29 is 29.0 Å². The molecule has 1 saturated carbocycles. The van der Waals surface area contributed by atoms with Gasteiger partial charge in [-0.25, -0.2) is 9.78 Å². The van der Waals surface area contributed by atoms with Crippen LogP contribution in [0.25, 0.3) is 11.1 Å². The van der Waals surface area contributed by atoms with Crippen LogP contribution in [0.15, 0.2) is 36.4 Å². The Morgan fingerprint density at radius 1 is 1.00 bits per heavy atom. The molecule has 0 aliphatic heterocycles. The number of amides is 2. The van der Waals surface area contributed by atoms with E-state index >= 15 is 0 Å². The minimum absolute atomic E-state index is 0.0134. The highest BCUT2D eigenvalue weighted by Crippen LogP contribution is 2.41. The number of carboxylic acids is 1. The average Bonchev–Trinajstić information content (AvgIpc) is 3.73. The topological polar surface area (TPSA) is 165 Å². The first-order chi connectivity index (χ1) is 17.4. The van der Waals surface area contributed by atoms with E-state index in [1.54, 1.807) is 24.3 Å². The quantitative estimate of drug-likeness (QED) is 0.349. The second kappa shape index (κ2) is 10.3. The molecule has 0 unspecified atom stereocenters. The Morgan fingerprint density at radius 2 is 1.78 bits per heavy atom. The van der Waals surface area contributed by atoms with E-state index in [9.17, 15) is 19.5 Å². The number of ether oxygens (including phenoxy) is 2. The maximum atomic E-state index is 12.4. The molecule has 0 bridgehead atoms. The third kappa shape index (κ3) is 5.02. The molecule has 36 heavy (non-hydrogen) atoms. The molecule has 0 spiro atoms. The van der Waals surface area contributed by atoms with Crippen LogP contribution in [0.3, 0.4) is 0 Å². The van der Waals surface area contributed by atoms with Crippen LogP contribution in [0.5, 0.6) is 11.6 Å². The molecule has 2 amide bonds. The summed E-state index contributed by atoms with van der Waals surface area (Å²) in [5.74, 6) is -1.15. The molecule has 186 valence electrons. The maximum absolute atomic E-state index is 12.4. The molecule has 12 heteroatoms. The zero-order valence-electron chi connectivity index (χ0n) is 19.8. The van der Waals surface area contributed by atoms with Gasteiger partial charge < -0.3 is 30.5 Å². The van der Waals surface area contributed by atoms with E-state index in [-0.39, 0.29) is 40.6 Å². The molecular formula is C24H24N6O6. The number of anilines is 3. The van der Waals surface area contributed by atoms with E-state index in [2.05, 4.69) is 31.1 Å². The summed E-state index contributed by atoms with van der Waals surface area (Å²) in [5, 5.41) is 25.6. The lowest BCUT2D eigenvalue weighted by Crippen LogP contribution is -2.22. The molecule has 1 fully saturated rings. The average molecular weight is 492 g/mol. The van der Waals surface area contributed by atoms with Crippen molar-refractivity contribution in [3.63, 3.8) is 0 Å². The number of hydrogen-bond donors (Lipinski definition) is 4. The number of carboxylic acid groups (broad SMARTS) is 1. The Labute approximate surface area is 206 Å². The van der Waals surface area contributed by atoms with Crippen LogP contribution in [0.2, 0.25) is 0 Å². The van der Waals surface area contributed by atoms with E-state index < -0.39 is 11.9 Å². The lowest BCUT2D eigenvalue weighted by Gasteiger charge is -2.18. The van der Waals surface area contributed by atoms with Gasteiger partial charge in [0.1, 0.15) is 5.75 Å². The number of methoxy groups -OCH3 is 2. The molecular weight excluding hydrogens is 468 g/mol. The summed E-state index contributed by atoms with van der Waals surface area (Å²) in [5.41, 5.74) is 1.67. The summed E-state index contributed by atoms with van der Waals surface area (Å²) in [6.45, 7) is 0. The minimum Gasteiger partial charge on any atom is -0.494 e. The fourth-order valence-electron chi connectivity index (χ4n) is 3.54. The zero-order valence-corrected chi connectivity index (χ0v) is 19.8. The first-order valence-corrected chi connectivity index (χ1v) is 11.0. The third-order valence-corrected chi connectivity index (χ3v) is 5.49. The van der Waals surface area contributed by atoms with Crippen LogP contribution in [0, 0.1) is 5.92 Å². The lowest BCUT2D eigenvalue weighted by atomic mass is 10.0. The van der Waals surface area contributed by atoms with Gasteiger partial charge in [0.15, 0.2) is 17.2 Å². The number of para-hydroxylation sites is 1. The number of carbonyl (C=O) groups is 3. The number of benzene rings is 1. The second-order valence-electron chi connectivity index (χ2n) is 7.90. The van der Waals surface area contributed by atoms with Gasteiger partial charge in [-0.05, 0) is 31.0 Å². The van der Waals surface area contributed by atoms with Crippen molar-refractivity contribution in [3.8, 4) is 22.8 Å². The van der Waals surface area contributed by atoms with E-state index in [0.717, 1.165) is 12.8 Å². The second-order valence-corrected chi connectivity index (χ2v) is 7.90. The van der Waals surface area contributed by atoms with Gasteiger partial charge in [-0.15, -0.1) is 10.2 Å². The smallest absolute Gasteiger partial charge is 0.354 e. The van der Waals surface area contributed by atoms with Gasteiger partial charge in [-0.2, -0.15) is 0 Å². The number of aromatic nitrogens is 3. The number of nitrogens with zero attached hydrogens (tertiary/aromatic N) is 3. The van der Waals surface area contributed by atoms with Crippen molar-refractivity contribution in [1.82, 2.24) is 20.5 Å². The molecule has 0 saturated heterocycles. The maximum Gasteiger partial charge on any atom is 0.354 e. The molecule has 2 heterocycles. The lowest BCUT2D eigenvalue weighted by molar-refractivity contribution is -0.117. The summed E-state index contributed by atoms with van der Waals surface area (Å²) in [6.07, 6.45) is 1.66. The Balaban J connectivity index is 1.75. The molecule has 0 atom stereocenters. The number of nitrogens with one attached hydrogen (secondary N) is 3. The van der Waals surface area contributed by atoms with Crippen LogP contribution in [-0.4, -0.2) is 59.3 Å². The van der Waals surface area contributed by atoms with Crippen molar-refractivity contribution in [2.75, 3.05) is 31.9 Å². The van der Waals surface area contributed by atoms with E-state index in [1.807, 2.05) is 0 Å². The standard InChI is InChI=1S/C24H24N6O6/c1-25-22(32)19-17(11-18(29-30-19)28-21(31)12-7-8-12)26-15-6-4-5-13(20(15)35-2)14-9-10-16(24(33)34)27-23(14)36-3/h4-6,9-12H,7-8H2,1-3H3,(H,25,32)(H,33,34)(H2,26,28,29,31). The first kappa shape index (κ1) is 24.4. The van der Waals surface area contributed by atoms with Crippen molar-refractivity contribution in [2.24, 2.45) is 5.92 Å². The molecule has 1 aliphatic rings. The predicted octanol–water partition coefficient (Wildman–Crippen LogP) is 2.71. The Morgan fingerprint density at radius 3 is 2.42 bits per heavy atom. The summed E-state index contributed by atoms with van der Waals surface area (Å²) in [7, 11) is 4.33. The van der Waals surface area contributed by atoms with Crippen LogP contribution in [0.1, 0.15) is 33.8 Å². The fourth-order valence-corrected chi connectivity index (χ4v) is 3.54. The van der Waals surface area contributed by atoms with Gasteiger partial charge in [0.2, 0.25) is 11.8 Å². The number of rotatable bonds is 9. The third-order valence-electron chi connectivity index (χ3n) is 5.49. The van der Waals surface area contributed by atoms with Crippen LogP contribution in [-0.2, 0) is 4.79 Å². The molecule has 4 rings (SSSR count). The molecule has 1 aromatic carbocycles. The minimum atomic E-state index is -1.18. The molecule has 1 aliphatic carbocycles. The SMILES string of the molecule is CNC(=O)c1nnc(NC(=O)C2CC2)cc1Nc1cccc(-c2ccc(C(=O)O)nc2OC)c1OC. The highest BCUT2D eigenvalue weighted by Gasteiger charge is 2.30. The number of pyridine rings is 1. The summed E-state index contributed by atoms with van der Waals surface area (Å²) < 4.78 is 11.0. The van der Waals surface area contributed by atoms with Crippen molar-refractivity contribution in [1.29, 1.82) is 0 Å². The highest BCUT2D eigenvalue weighted by molar-refractivity contribution is 6.00. The Hall–Kier alpha value is -4.74. The predicted molar refractivity (Wildman–Crippen MR) is 130 cm³/mol. The van der Waals surface area contributed by atoms with Crippen molar-refractivity contribution in [2.45, 2.75) is 12.8 Å². The zero-order chi connectivity index (χ0) is 25.8. The number of aromatic carboxylic acids is 1. The number of hydrogen-bond acceptors (Lipinski definition) is 9. The van der Waals surface area contributed by atoms with Gasteiger partial charge in [0, 0.05) is 30.2 Å². The summed E-state index contributed by atoms with van der Waals surface area (Å²) in [4.78, 5) is 40.0. The van der Waals surface area contributed by atoms with Crippen LogP contribution < -0.4 is 25.4 Å². The first-order valence-electron chi connectivity index (χ1n) is 11.0. The Kier molecular flexibility index (Phi) is 6.95.